The number of hydrogen-bond donors (Lipinski definition) is 0. The topological polar surface area (TPSA) is 20.3 Å². The quantitative estimate of drug-likeness (QED) is 0.844. The lowest BCUT2D eigenvalue weighted by Crippen LogP contribution is -2.34. The Bertz CT molecular complexity index is 447. The van der Waals surface area contributed by atoms with Gasteiger partial charge in [-0.1, -0.05) is 12.1 Å². The van der Waals surface area contributed by atoms with E-state index in [-0.39, 0.29) is 23.3 Å². The summed E-state index contributed by atoms with van der Waals surface area (Å²) < 4.78 is 36.2. The van der Waals surface area contributed by atoms with Crippen molar-refractivity contribution in [3.05, 3.63) is 29.8 Å². The molecule has 2 nitrogen and oxygen atoms in total. The number of benzene rings is 1. The zero-order valence-electron chi connectivity index (χ0n) is 9.54. The van der Waals surface area contributed by atoms with Crippen molar-refractivity contribution in [2.75, 3.05) is 23.7 Å². The Morgan fingerprint density at radius 3 is 2.72 bits per heavy atom. The fourth-order valence-corrected chi connectivity index (χ4v) is 2.52. The largest absolute Gasteiger partial charge is 0.441 e. The Morgan fingerprint density at radius 2 is 2.00 bits per heavy atom. The highest BCUT2D eigenvalue weighted by Crippen LogP contribution is 2.31. The number of hydrogen-bond acceptors (Lipinski definition) is 3. The van der Waals surface area contributed by atoms with E-state index < -0.39 is 5.51 Å². The molecule has 1 aliphatic rings. The van der Waals surface area contributed by atoms with Crippen molar-refractivity contribution in [3.63, 3.8) is 0 Å². The minimum absolute atomic E-state index is 0.0218. The van der Waals surface area contributed by atoms with Crippen molar-refractivity contribution in [3.8, 4) is 0 Å². The molecule has 0 spiro atoms. The third-order valence-corrected chi connectivity index (χ3v) is 3.49. The highest BCUT2D eigenvalue weighted by atomic mass is 32.2. The molecule has 0 N–H and O–H groups in total. The van der Waals surface area contributed by atoms with Crippen LogP contribution in [-0.2, 0) is 0 Å². The van der Waals surface area contributed by atoms with Gasteiger partial charge in [0.25, 0.3) is 0 Å². The Kier molecular flexibility index (Phi) is 3.85. The van der Waals surface area contributed by atoms with Gasteiger partial charge in [-0.15, -0.1) is 0 Å². The summed E-state index contributed by atoms with van der Waals surface area (Å²) in [6, 6.07) is 7.07. The maximum atomic E-state index is 12.1. The van der Waals surface area contributed by atoms with Crippen LogP contribution in [0.5, 0.6) is 0 Å². The van der Waals surface area contributed by atoms with E-state index in [4.69, 9.17) is 0 Å². The maximum Gasteiger partial charge on any atom is 0.441 e. The predicted molar refractivity (Wildman–Crippen MR) is 66.1 cm³/mol. The van der Waals surface area contributed by atoms with Gasteiger partial charge in [0.05, 0.1) is 0 Å². The average molecular weight is 275 g/mol. The smallest absolute Gasteiger partial charge is 0.370 e. The van der Waals surface area contributed by atoms with Crippen LogP contribution in [0.1, 0.15) is 16.8 Å². The lowest BCUT2D eigenvalue weighted by Gasteiger charge is -2.30. The van der Waals surface area contributed by atoms with Gasteiger partial charge in [0.1, 0.15) is 0 Å². The Morgan fingerprint density at radius 1 is 1.28 bits per heavy atom. The average Bonchev–Trinajstić information content (AvgIpc) is 2.31. The second-order valence-corrected chi connectivity index (χ2v) is 5.13. The van der Waals surface area contributed by atoms with E-state index in [2.05, 4.69) is 0 Å². The Hall–Kier alpha value is -1.17. The first-order chi connectivity index (χ1) is 8.47. The number of anilines is 1. The standard InChI is InChI=1S/C12H12F3NOS/c13-12(14,15)18-8-7-16-6-5-11(17)9-3-1-2-4-10(9)16/h1-4H,5-8H2. The molecular weight excluding hydrogens is 263 g/mol. The summed E-state index contributed by atoms with van der Waals surface area (Å²) in [5.74, 6) is 0.0387. The molecule has 0 fully saturated rings. The molecule has 18 heavy (non-hydrogen) atoms. The fraction of sp³-hybridized carbons (Fsp3) is 0.417. The molecule has 0 saturated heterocycles. The molecule has 1 aromatic carbocycles. The Labute approximate surface area is 107 Å². The first-order valence-electron chi connectivity index (χ1n) is 5.55. The van der Waals surface area contributed by atoms with Crippen LogP contribution >= 0.6 is 11.8 Å². The molecule has 1 aliphatic heterocycles. The van der Waals surface area contributed by atoms with Crippen LogP contribution in [-0.4, -0.2) is 30.1 Å². The minimum atomic E-state index is -4.19. The van der Waals surface area contributed by atoms with Gasteiger partial charge in [-0.2, -0.15) is 13.2 Å². The van der Waals surface area contributed by atoms with Crippen LogP contribution in [0.15, 0.2) is 24.3 Å². The van der Waals surface area contributed by atoms with E-state index in [1.165, 1.54) is 0 Å². The molecule has 0 amide bonds. The highest BCUT2D eigenvalue weighted by Gasteiger charge is 2.29. The van der Waals surface area contributed by atoms with Crippen molar-refractivity contribution < 1.29 is 18.0 Å². The first kappa shape index (κ1) is 13.3. The zero-order chi connectivity index (χ0) is 13.2. The minimum Gasteiger partial charge on any atom is -0.370 e. The fourth-order valence-electron chi connectivity index (χ4n) is 1.98. The number of halogens is 3. The van der Waals surface area contributed by atoms with Crippen molar-refractivity contribution >= 4 is 23.2 Å². The van der Waals surface area contributed by atoms with Crippen molar-refractivity contribution in [2.24, 2.45) is 0 Å². The van der Waals surface area contributed by atoms with Gasteiger partial charge in [0.2, 0.25) is 0 Å². The van der Waals surface area contributed by atoms with Crippen LogP contribution in [0.3, 0.4) is 0 Å². The van der Waals surface area contributed by atoms with Gasteiger partial charge in [0, 0.05) is 36.5 Å². The van der Waals surface area contributed by atoms with Gasteiger partial charge in [-0.05, 0) is 23.9 Å². The number of Topliss-reactive ketones (excluding diaryl/α,β-unsaturated/α-hetero) is 1. The van der Waals surface area contributed by atoms with Gasteiger partial charge in [0.15, 0.2) is 5.78 Å². The number of alkyl halides is 3. The molecule has 0 radical (unpaired) electrons. The monoisotopic (exact) mass is 275 g/mol. The molecular formula is C12H12F3NOS. The third-order valence-electron chi connectivity index (χ3n) is 2.78. The molecule has 1 heterocycles. The summed E-state index contributed by atoms with van der Waals surface area (Å²) in [4.78, 5) is 13.5. The van der Waals surface area contributed by atoms with Gasteiger partial charge in [-0.3, -0.25) is 4.79 Å². The predicted octanol–water partition coefficient (Wildman–Crippen LogP) is 3.33. The SMILES string of the molecule is O=C1CCN(CCSC(F)(F)F)c2ccccc21. The maximum absolute atomic E-state index is 12.1. The van der Waals surface area contributed by atoms with Crippen LogP contribution in [0.4, 0.5) is 18.9 Å². The van der Waals surface area contributed by atoms with Crippen molar-refractivity contribution in [2.45, 2.75) is 11.9 Å². The number of fused-ring (bicyclic) bond motifs is 1. The van der Waals surface area contributed by atoms with Crippen molar-refractivity contribution in [1.82, 2.24) is 0 Å². The van der Waals surface area contributed by atoms with Gasteiger partial charge >= 0.3 is 5.51 Å². The number of rotatable bonds is 3. The van der Waals surface area contributed by atoms with Gasteiger partial charge < -0.3 is 4.90 Å². The van der Waals surface area contributed by atoms with Crippen LogP contribution in [0, 0.1) is 0 Å². The van der Waals surface area contributed by atoms with E-state index in [1.807, 2.05) is 4.90 Å². The summed E-state index contributed by atoms with van der Waals surface area (Å²) in [6.45, 7) is 0.794. The highest BCUT2D eigenvalue weighted by molar-refractivity contribution is 8.00. The summed E-state index contributed by atoms with van der Waals surface area (Å²) in [6.07, 6.45) is 0.369. The molecule has 98 valence electrons. The summed E-state index contributed by atoms with van der Waals surface area (Å²) in [5.41, 5.74) is -2.83. The molecule has 0 atom stereocenters. The lowest BCUT2D eigenvalue weighted by atomic mass is 10.0. The number of thioether (sulfide) groups is 1. The molecule has 6 heteroatoms. The number of carbonyl (C=O) groups excluding carboxylic acids is 1. The Balaban J connectivity index is 2.03. The first-order valence-corrected chi connectivity index (χ1v) is 6.54. The lowest BCUT2D eigenvalue weighted by molar-refractivity contribution is -0.0327. The van der Waals surface area contributed by atoms with Gasteiger partial charge in [-0.25, -0.2) is 0 Å². The van der Waals surface area contributed by atoms with E-state index >= 15 is 0 Å². The second-order valence-electron chi connectivity index (χ2n) is 3.97. The van der Waals surface area contributed by atoms with Crippen molar-refractivity contribution in [1.29, 1.82) is 0 Å². The molecule has 0 aromatic heterocycles. The summed E-state index contributed by atoms with van der Waals surface area (Å²) in [5, 5.41) is 0. The number of para-hydroxylation sites is 1. The molecule has 1 aromatic rings. The van der Waals surface area contributed by atoms with Crippen LogP contribution < -0.4 is 4.90 Å². The molecule has 0 bridgehead atoms. The summed E-state index contributed by atoms with van der Waals surface area (Å²) in [7, 11) is 0. The molecule has 0 aliphatic carbocycles. The number of ketones is 1. The van der Waals surface area contributed by atoms with Crippen LogP contribution in [0.2, 0.25) is 0 Å². The zero-order valence-corrected chi connectivity index (χ0v) is 10.4. The van der Waals surface area contributed by atoms with E-state index in [9.17, 15) is 18.0 Å². The third kappa shape index (κ3) is 3.19. The van der Waals surface area contributed by atoms with E-state index in [1.54, 1.807) is 24.3 Å². The summed E-state index contributed by atoms with van der Waals surface area (Å²) >= 11 is -0.0239. The molecule has 2 rings (SSSR count). The van der Waals surface area contributed by atoms with Crippen LogP contribution in [0.25, 0.3) is 0 Å². The molecule has 0 saturated carbocycles. The number of carbonyl (C=O) groups is 1. The van der Waals surface area contributed by atoms with E-state index in [0.717, 1.165) is 5.69 Å². The van der Waals surface area contributed by atoms with E-state index in [0.29, 0.717) is 25.1 Å². The molecule has 0 unspecified atom stereocenters. The normalized spacial score (nSPS) is 15.7. The number of nitrogens with zero attached hydrogens (tertiary/aromatic N) is 1. The second kappa shape index (κ2) is 5.22.